The molecule has 3 rings (SSSR count). The lowest BCUT2D eigenvalue weighted by Gasteiger charge is -2.22. The zero-order valence-electron chi connectivity index (χ0n) is 19.6. The first-order valence-corrected chi connectivity index (χ1v) is 11.8. The number of halogens is 3. The van der Waals surface area contributed by atoms with E-state index in [9.17, 15) is 18.8 Å². The molecule has 0 unspecified atom stereocenters. The van der Waals surface area contributed by atoms with Crippen LogP contribution in [0.5, 0.6) is 0 Å². The third-order valence-corrected chi connectivity index (χ3v) is 6.06. The van der Waals surface area contributed by atoms with Gasteiger partial charge in [0, 0.05) is 19.4 Å². The summed E-state index contributed by atoms with van der Waals surface area (Å²) in [6.07, 6.45) is 0.294. The molecule has 2 amide bonds. The first kappa shape index (κ1) is 27.6. The van der Waals surface area contributed by atoms with Crippen molar-refractivity contribution in [2.24, 2.45) is 0 Å². The maximum absolute atomic E-state index is 14.9. The topological polar surface area (TPSA) is 84.5 Å². The Kier molecular flexibility index (Phi) is 9.89. The Hall–Kier alpha value is -2.64. The second-order valence-corrected chi connectivity index (χ2v) is 8.62. The molecule has 0 atom stereocenters. The molecule has 2 aromatic rings. The second kappa shape index (κ2) is 12.2. The van der Waals surface area contributed by atoms with Crippen molar-refractivity contribution in [3.63, 3.8) is 0 Å². The lowest BCUT2D eigenvalue weighted by atomic mass is 9.93. The van der Waals surface area contributed by atoms with Gasteiger partial charge in [0.2, 0.25) is 11.8 Å². The van der Waals surface area contributed by atoms with Gasteiger partial charge < -0.3 is 15.4 Å². The number of hydrogen-bond donors (Lipinski definition) is 2. The third-order valence-electron chi connectivity index (χ3n) is 5.32. The Labute approximate surface area is 209 Å². The van der Waals surface area contributed by atoms with Crippen LogP contribution in [0.2, 0.25) is 10.0 Å². The molecule has 0 saturated heterocycles. The summed E-state index contributed by atoms with van der Waals surface area (Å²) in [5.74, 6) is -1.57. The van der Waals surface area contributed by atoms with Gasteiger partial charge in [-0.25, -0.2) is 4.39 Å². The van der Waals surface area contributed by atoms with Crippen LogP contribution in [0.25, 0.3) is 11.1 Å². The first-order chi connectivity index (χ1) is 16.1. The maximum atomic E-state index is 14.9. The van der Waals surface area contributed by atoms with Crippen molar-refractivity contribution in [3.8, 4) is 11.1 Å². The Morgan fingerprint density at radius 1 is 0.971 bits per heavy atom. The highest BCUT2D eigenvalue weighted by atomic mass is 35.5. The van der Waals surface area contributed by atoms with Gasteiger partial charge in [-0.05, 0) is 42.2 Å². The molecule has 0 radical (unpaired) electrons. The highest BCUT2D eigenvalue weighted by Gasteiger charge is 2.53. The molecule has 2 N–H and O–H groups in total. The van der Waals surface area contributed by atoms with E-state index in [1.807, 2.05) is 13.8 Å². The molecule has 1 aliphatic carbocycles. The maximum Gasteiger partial charge on any atom is 0.316 e. The summed E-state index contributed by atoms with van der Waals surface area (Å²) in [7, 11) is 0. The predicted octanol–water partition coefficient (Wildman–Crippen LogP) is 5.04. The van der Waals surface area contributed by atoms with E-state index in [-0.39, 0.29) is 24.9 Å². The van der Waals surface area contributed by atoms with E-state index in [4.69, 9.17) is 27.9 Å². The number of esters is 1. The molecule has 1 saturated carbocycles. The number of ether oxygens (including phenoxy) is 1. The van der Waals surface area contributed by atoms with Crippen LogP contribution >= 0.6 is 23.2 Å². The number of rotatable bonds is 8. The van der Waals surface area contributed by atoms with E-state index in [2.05, 4.69) is 10.6 Å². The Bertz CT molecular complexity index is 1040. The molecule has 0 aliphatic heterocycles. The van der Waals surface area contributed by atoms with Crippen molar-refractivity contribution >= 4 is 41.0 Å². The number of carbonyl (C=O) groups excluding carboxylic acids is 3. The highest BCUT2D eigenvalue weighted by Crippen LogP contribution is 2.50. The predicted molar refractivity (Wildman–Crippen MR) is 131 cm³/mol. The van der Waals surface area contributed by atoms with Crippen molar-refractivity contribution in [3.05, 3.63) is 57.8 Å². The van der Waals surface area contributed by atoms with Crippen LogP contribution in [0.3, 0.4) is 0 Å². The van der Waals surface area contributed by atoms with Gasteiger partial charge in [0.15, 0.2) is 0 Å². The summed E-state index contributed by atoms with van der Waals surface area (Å²) >= 11 is 12.0. The zero-order chi connectivity index (χ0) is 25.5. The van der Waals surface area contributed by atoms with E-state index in [0.717, 1.165) is 0 Å². The number of carbonyl (C=O) groups is 3. The normalized spacial score (nSPS) is 13.4. The molecule has 2 aromatic carbocycles. The quantitative estimate of drug-likeness (QED) is 0.487. The molecular formula is C25H29Cl2FN2O4. The van der Waals surface area contributed by atoms with Gasteiger partial charge in [0.1, 0.15) is 11.9 Å². The van der Waals surface area contributed by atoms with Crippen LogP contribution < -0.4 is 10.6 Å². The summed E-state index contributed by atoms with van der Waals surface area (Å²) in [5.41, 5.74) is 0.482. The van der Waals surface area contributed by atoms with Crippen LogP contribution in [0.15, 0.2) is 36.4 Å². The summed E-state index contributed by atoms with van der Waals surface area (Å²) in [6, 6.07) is 9.48. The van der Waals surface area contributed by atoms with Crippen molar-refractivity contribution < 1.29 is 23.5 Å². The second-order valence-electron chi connectivity index (χ2n) is 7.81. The van der Waals surface area contributed by atoms with Crippen LogP contribution in [0.1, 0.15) is 46.1 Å². The van der Waals surface area contributed by atoms with Gasteiger partial charge in [0.05, 0.1) is 28.5 Å². The van der Waals surface area contributed by atoms with E-state index >= 15 is 0 Å². The molecule has 9 heteroatoms. The number of amides is 2. The molecule has 0 bridgehead atoms. The van der Waals surface area contributed by atoms with Gasteiger partial charge in [0.25, 0.3) is 0 Å². The average Bonchev–Trinajstić information content (AvgIpc) is 3.61. The first-order valence-electron chi connectivity index (χ1n) is 11.1. The number of nitrogens with one attached hydrogen (secondary N) is 2. The molecule has 1 aliphatic rings. The van der Waals surface area contributed by atoms with Crippen molar-refractivity contribution in [1.29, 1.82) is 0 Å². The SMILES string of the molecule is CC.CC(=O)NCC(CNC(C)=O)OC(=O)C1(c2ccc(-c3ccc(Cl)c(Cl)c3)c(F)c2)CC1. The van der Waals surface area contributed by atoms with E-state index < -0.39 is 23.3 Å². The molecule has 0 spiro atoms. The molecule has 184 valence electrons. The van der Waals surface area contributed by atoms with Gasteiger partial charge in [-0.3, -0.25) is 14.4 Å². The Morgan fingerprint density at radius 2 is 1.56 bits per heavy atom. The van der Waals surface area contributed by atoms with Crippen molar-refractivity contribution in [2.45, 2.75) is 52.1 Å². The van der Waals surface area contributed by atoms with E-state index in [1.54, 1.807) is 30.3 Å². The highest BCUT2D eigenvalue weighted by molar-refractivity contribution is 6.42. The van der Waals surface area contributed by atoms with Crippen LogP contribution in [-0.2, 0) is 24.5 Å². The molecule has 0 aromatic heterocycles. The summed E-state index contributed by atoms with van der Waals surface area (Å²) in [6.45, 7) is 6.81. The van der Waals surface area contributed by atoms with Gasteiger partial charge >= 0.3 is 5.97 Å². The Morgan fingerprint density at radius 3 is 2.03 bits per heavy atom. The van der Waals surface area contributed by atoms with Gasteiger partial charge in [-0.15, -0.1) is 0 Å². The van der Waals surface area contributed by atoms with Crippen molar-refractivity contribution in [2.75, 3.05) is 13.1 Å². The molecule has 0 heterocycles. The van der Waals surface area contributed by atoms with E-state index in [0.29, 0.717) is 39.6 Å². The van der Waals surface area contributed by atoms with Gasteiger partial charge in [-0.2, -0.15) is 0 Å². The molecule has 1 fully saturated rings. The fourth-order valence-electron chi connectivity index (χ4n) is 3.38. The molecule has 6 nitrogen and oxygen atoms in total. The lowest BCUT2D eigenvalue weighted by Crippen LogP contribution is -2.43. The van der Waals surface area contributed by atoms with Crippen LogP contribution in [0, 0.1) is 5.82 Å². The number of hydrogen-bond acceptors (Lipinski definition) is 4. The molecular weight excluding hydrogens is 482 g/mol. The standard InChI is InChI=1S/C23H23Cl2FN2O4.C2H6/c1-13(29)27-11-17(12-28-14(2)30)32-22(31)23(7-8-23)16-4-5-18(21(26)10-16)15-3-6-19(24)20(25)9-15;1-2/h3-6,9-10,17H,7-8,11-12H2,1-2H3,(H,27,29)(H,28,30);1-2H3. The Balaban J connectivity index is 0.00000199. The minimum absolute atomic E-state index is 0.0576. The molecule has 34 heavy (non-hydrogen) atoms. The fraction of sp³-hybridized carbons (Fsp3) is 0.400. The third kappa shape index (κ3) is 6.93. The average molecular weight is 511 g/mol. The largest absolute Gasteiger partial charge is 0.458 e. The van der Waals surface area contributed by atoms with Crippen LogP contribution in [-0.4, -0.2) is 37.0 Å². The smallest absolute Gasteiger partial charge is 0.316 e. The van der Waals surface area contributed by atoms with Gasteiger partial charge in [-0.1, -0.05) is 55.2 Å². The zero-order valence-corrected chi connectivity index (χ0v) is 21.1. The summed E-state index contributed by atoms with van der Waals surface area (Å²) in [5, 5.41) is 5.86. The number of benzene rings is 2. The fourth-order valence-corrected chi connectivity index (χ4v) is 3.68. The minimum Gasteiger partial charge on any atom is -0.458 e. The van der Waals surface area contributed by atoms with Crippen molar-refractivity contribution in [1.82, 2.24) is 10.6 Å². The summed E-state index contributed by atoms with van der Waals surface area (Å²) in [4.78, 5) is 35.4. The monoisotopic (exact) mass is 510 g/mol. The lowest BCUT2D eigenvalue weighted by molar-refractivity contribution is -0.152. The van der Waals surface area contributed by atoms with Crippen LogP contribution in [0.4, 0.5) is 4.39 Å². The summed E-state index contributed by atoms with van der Waals surface area (Å²) < 4.78 is 20.5. The van der Waals surface area contributed by atoms with E-state index in [1.165, 1.54) is 19.9 Å². The minimum atomic E-state index is -0.943.